The maximum absolute atomic E-state index is 14.0. The Hall–Kier alpha value is -1.86. The van der Waals surface area contributed by atoms with Crippen molar-refractivity contribution in [2.45, 2.75) is 38.6 Å². The summed E-state index contributed by atoms with van der Waals surface area (Å²) in [5, 5.41) is 2.93. The van der Waals surface area contributed by atoms with Gasteiger partial charge in [0.15, 0.2) is 0 Å². The molecular weight excluding hydrogens is 267 g/mol. The molecule has 1 aromatic carbocycles. The summed E-state index contributed by atoms with van der Waals surface area (Å²) in [5.74, 6) is 5.14. The smallest absolute Gasteiger partial charge is 0.254 e. The van der Waals surface area contributed by atoms with Crippen LogP contribution < -0.4 is 11.1 Å². The Morgan fingerprint density at radius 1 is 1.48 bits per heavy atom. The molecule has 0 spiro atoms. The molecule has 112 valence electrons. The Morgan fingerprint density at radius 2 is 2.29 bits per heavy atom. The highest BCUT2D eigenvalue weighted by Gasteiger charge is 2.22. The van der Waals surface area contributed by atoms with Crippen LogP contribution in [0.15, 0.2) is 18.2 Å². The van der Waals surface area contributed by atoms with Gasteiger partial charge in [0.25, 0.3) is 5.91 Å². The molecule has 1 aromatic rings. The van der Waals surface area contributed by atoms with Crippen molar-refractivity contribution in [1.82, 2.24) is 5.32 Å². The normalized spacial score (nSPS) is 21.3. The van der Waals surface area contributed by atoms with Crippen molar-refractivity contribution in [3.05, 3.63) is 35.1 Å². The number of carbonyl (C=O) groups is 1. The van der Waals surface area contributed by atoms with Crippen LogP contribution in [0.4, 0.5) is 4.39 Å². The average molecular weight is 288 g/mol. The van der Waals surface area contributed by atoms with E-state index in [-0.39, 0.29) is 24.1 Å². The maximum atomic E-state index is 14.0. The molecule has 0 aliphatic heterocycles. The Balaban J connectivity index is 2.05. The van der Waals surface area contributed by atoms with Crippen LogP contribution in [-0.2, 0) is 0 Å². The summed E-state index contributed by atoms with van der Waals surface area (Å²) in [6.07, 6.45) is 4.25. The van der Waals surface area contributed by atoms with E-state index in [2.05, 4.69) is 24.1 Å². The summed E-state index contributed by atoms with van der Waals surface area (Å²) in [4.78, 5) is 12.2. The zero-order chi connectivity index (χ0) is 15.2. The van der Waals surface area contributed by atoms with Crippen LogP contribution >= 0.6 is 0 Å². The fourth-order valence-electron chi connectivity index (χ4n) is 2.76. The number of benzene rings is 1. The summed E-state index contributed by atoms with van der Waals surface area (Å²) in [6, 6.07) is 4.56. The first-order chi connectivity index (χ1) is 10.1. The number of rotatable bonds is 2. The van der Waals surface area contributed by atoms with Crippen LogP contribution in [0.25, 0.3) is 0 Å². The lowest BCUT2D eigenvalue weighted by atomic mass is 9.87. The molecule has 0 radical (unpaired) electrons. The SMILES string of the molecule is CC1CCCC(NC(=O)c2ccc(C#CCN)cc2F)C1. The highest BCUT2D eigenvalue weighted by atomic mass is 19.1. The predicted molar refractivity (Wildman–Crippen MR) is 81.2 cm³/mol. The predicted octanol–water partition coefficient (Wildman–Crippen LogP) is 2.44. The quantitative estimate of drug-likeness (QED) is 0.821. The van der Waals surface area contributed by atoms with Gasteiger partial charge in [0.05, 0.1) is 12.1 Å². The van der Waals surface area contributed by atoms with Gasteiger partial charge in [0.1, 0.15) is 5.82 Å². The number of halogens is 1. The molecule has 3 nitrogen and oxygen atoms in total. The first-order valence-electron chi connectivity index (χ1n) is 7.39. The third kappa shape index (κ3) is 4.30. The number of nitrogens with two attached hydrogens (primary N) is 1. The van der Waals surface area contributed by atoms with Crippen LogP contribution in [0.1, 0.15) is 48.5 Å². The van der Waals surface area contributed by atoms with Gasteiger partial charge in [-0.05, 0) is 37.0 Å². The molecule has 1 aliphatic carbocycles. The van der Waals surface area contributed by atoms with Crippen molar-refractivity contribution in [3.8, 4) is 11.8 Å². The summed E-state index contributed by atoms with van der Waals surface area (Å²) in [5.41, 5.74) is 5.88. The van der Waals surface area contributed by atoms with Gasteiger partial charge in [-0.2, -0.15) is 0 Å². The van der Waals surface area contributed by atoms with E-state index in [0.717, 1.165) is 19.3 Å². The lowest BCUT2D eigenvalue weighted by molar-refractivity contribution is 0.0917. The third-order valence-corrected chi connectivity index (χ3v) is 3.82. The number of nitrogens with one attached hydrogen (secondary N) is 1. The van der Waals surface area contributed by atoms with Crippen molar-refractivity contribution in [2.24, 2.45) is 11.7 Å². The minimum absolute atomic E-state index is 0.0755. The van der Waals surface area contributed by atoms with E-state index in [1.165, 1.54) is 18.6 Å². The first kappa shape index (κ1) is 15.5. The molecule has 0 heterocycles. The molecule has 0 bridgehead atoms. The average Bonchev–Trinajstić information content (AvgIpc) is 2.45. The molecule has 4 heteroatoms. The molecule has 1 amide bonds. The van der Waals surface area contributed by atoms with Crippen LogP contribution in [0.2, 0.25) is 0 Å². The molecule has 2 rings (SSSR count). The highest BCUT2D eigenvalue weighted by molar-refractivity contribution is 5.94. The summed E-state index contributed by atoms with van der Waals surface area (Å²) < 4.78 is 14.0. The van der Waals surface area contributed by atoms with Gasteiger partial charge < -0.3 is 11.1 Å². The monoisotopic (exact) mass is 288 g/mol. The zero-order valence-corrected chi connectivity index (χ0v) is 12.3. The van der Waals surface area contributed by atoms with E-state index >= 15 is 0 Å². The summed E-state index contributed by atoms with van der Waals surface area (Å²) in [6.45, 7) is 2.41. The fourth-order valence-corrected chi connectivity index (χ4v) is 2.76. The van der Waals surface area contributed by atoms with Gasteiger partial charge in [-0.3, -0.25) is 4.79 Å². The van der Waals surface area contributed by atoms with Gasteiger partial charge in [-0.15, -0.1) is 0 Å². The second-order valence-corrected chi connectivity index (χ2v) is 5.64. The third-order valence-electron chi connectivity index (χ3n) is 3.82. The van der Waals surface area contributed by atoms with Crippen LogP contribution in [0.5, 0.6) is 0 Å². The van der Waals surface area contributed by atoms with E-state index in [1.807, 2.05) is 0 Å². The Bertz CT molecular complexity index is 574. The largest absolute Gasteiger partial charge is 0.349 e. The molecule has 0 saturated heterocycles. The van der Waals surface area contributed by atoms with Gasteiger partial charge in [0.2, 0.25) is 0 Å². The molecular formula is C17H21FN2O. The van der Waals surface area contributed by atoms with Gasteiger partial charge in [0, 0.05) is 11.6 Å². The molecule has 0 aromatic heterocycles. The minimum Gasteiger partial charge on any atom is -0.349 e. The highest BCUT2D eigenvalue weighted by Crippen LogP contribution is 2.24. The van der Waals surface area contributed by atoms with E-state index in [0.29, 0.717) is 11.5 Å². The Morgan fingerprint density at radius 3 is 2.95 bits per heavy atom. The molecule has 3 N–H and O–H groups in total. The van der Waals surface area contributed by atoms with Crippen LogP contribution in [0, 0.1) is 23.6 Å². The van der Waals surface area contributed by atoms with Crippen molar-refractivity contribution < 1.29 is 9.18 Å². The van der Waals surface area contributed by atoms with Gasteiger partial charge >= 0.3 is 0 Å². The van der Waals surface area contributed by atoms with E-state index < -0.39 is 5.82 Å². The first-order valence-corrected chi connectivity index (χ1v) is 7.39. The minimum atomic E-state index is -0.542. The summed E-state index contributed by atoms with van der Waals surface area (Å²) >= 11 is 0. The molecule has 1 aliphatic rings. The van der Waals surface area contributed by atoms with E-state index in [1.54, 1.807) is 6.07 Å². The second-order valence-electron chi connectivity index (χ2n) is 5.64. The second kappa shape index (κ2) is 7.24. The molecule has 1 fully saturated rings. The molecule has 21 heavy (non-hydrogen) atoms. The van der Waals surface area contributed by atoms with E-state index in [4.69, 9.17) is 5.73 Å². The fraction of sp³-hybridized carbons (Fsp3) is 0.471. The Labute approximate surface area is 125 Å². The lowest BCUT2D eigenvalue weighted by Gasteiger charge is -2.27. The van der Waals surface area contributed by atoms with Crippen molar-refractivity contribution in [2.75, 3.05) is 6.54 Å². The van der Waals surface area contributed by atoms with Crippen molar-refractivity contribution in [3.63, 3.8) is 0 Å². The molecule has 1 saturated carbocycles. The topological polar surface area (TPSA) is 55.1 Å². The number of hydrogen-bond acceptors (Lipinski definition) is 2. The van der Waals surface area contributed by atoms with Crippen LogP contribution in [-0.4, -0.2) is 18.5 Å². The molecule has 2 unspecified atom stereocenters. The standard InChI is InChI=1S/C17H21FN2O/c1-12-4-2-6-14(10-12)20-17(21)15-8-7-13(5-3-9-19)11-16(15)18/h7-8,11-12,14H,2,4,6,9-10,19H2,1H3,(H,20,21). The Kier molecular flexibility index (Phi) is 5.35. The van der Waals surface area contributed by atoms with Crippen molar-refractivity contribution in [1.29, 1.82) is 0 Å². The van der Waals surface area contributed by atoms with Gasteiger partial charge in [-0.1, -0.05) is 31.6 Å². The van der Waals surface area contributed by atoms with E-state index in [9.17, 15) is 9.18 Å². The van der Waals surface area contributed by atoms with Crippen molar-refractivity contribution >= 4 is 5.91 Å². The zero-order valence-electron chi connectivity index (χ0n) is 12.3. The number of amides is 1. The lowest BCUT2D eigenvalue weighted by Crippen LogP contribution is -2.38. The van der Waals surface area contributed by atoms with Crippen LogP contribution in [0.3, 0.4) is 0 Å². The van der Waals surface area contributed by atoms with Gasteiger partial charge in [-0.25, -0.2) is 4.39 Å². The summed E-state index contributed by atoms with van der Waals surface area (Å²) in [7, 11) is 0. The maximum Gasteiger partial charge on any atom is 0.254 e. The number of carbonyl (C=O) groups excluding carboxylic acids is 1. The molecule has 2 atom stereocenters. The number of hydrogen-bond donors (Lipinski definition) is 2.